The molecule has 0 radical (unpaired) electrons. The minimum absolute atomic E-state index is 0.0623. The van der Waals surface area contributed by atoms with Crippen molar-refractivity contribution in [1.29, 1.82) is 0 Å². The zero-order chi connectivity index (χ0) is 45.9. The maximum Gasteiger partial charge on any atom is 0.306 e. The highest BCUT2D eigenvalue weighted by molar-refractivity contribution is 5.69. The van der Waals surface area contributed by atoms with E-state index in [2.05, 4.69) is 38.2 Å². The Balaban J connectivity index is 1.72. The molecule has 0 aromatic carbocycles. The summed E-state index contributed by atoms with van der Waals surface area (Å²) in [6.45, 7) is 3.65. The summed E-state index contributed by atoms with van der Waals surface area (Å²) in [5.41, 5.74) is 0. The Labute approximate surface area is 379 Å². The summed E-state index contributed by atoms with van der Waals surface area (Å²) in [5.74, 6) is -0.381. The molecule has 2 aliphatic rings. The van der Waals surface area contributed by atoms with E-state index in [1.165, 1.54) is 103 Å². The number of ether oxygens (including phenoxy) is 6. The second-order valence-corrected chi connectivity index (χ2v) is 17.6. The molecule has 0 aliphatic carbocycles. The van der Waals surface area contributed by atoms with E-state index >= 15 is 0 Å². The molecule has 2 rings (SSSR count). The van der Waals surface area contributed by atoms with Crippen LogP contribution in [0.1, 0.15) is 181 Å². The van der Waals surface area contributed by atoms with Crippen molar-refractivity contribution in [2.75, 3.05) is 33.0 Å². The van der Waals surface area contributed by atoms with Gasteiger partial charge >= 0.3 is 5.97 Å². The van der Waals surface area contributed by atoms with Gasteiger partial charge in [-0.2, -0.15) is 0 Å². The van der Waals surface area contributed by atoms with Gasteiger partial charge in [0.05, 0.1) is 26.4 Å². The molecule has 0 saturated carbocycles. The van der Waals surface area contributed by atoms with Gasteiger partial charge in [-0.3, -0.25) is 4.79 Å². The van der Waals surface area contributed by atoms with Crippen LogP contribution in [0, 0.1) is 0 Å². The first-order valence-electron chi connectivity index (χ1n) is 24.9. The van der Waals surface area contributed by atoms with Crippen molar-refractivity contribution < 1.29 is 69.0 Å². The largest absolute Gasteiger partial charge is 0.457 e. The van der Waals surface area contributed by atoms with Gasteiger partial charge in [-0.05, 0) is 44.9 Å². The fraction of sp³-hybridized carbons (Fsp3) is 0.898. The van der Waals surface area contributed by atoms with E-state index in [0.717, 1.165) is 51.4 Å². The first-order valence-corrected chi connectivity index (χ1v) is 24.9. The second-order valence-electron chi connectivity index (χ2n) is 17.6. The van der Waals surface area contributed by atoms with Crippen molar-refractivity contribution in [3.8, 4) is 0 Å². The maximum atomic E-state index is 13.0. The summed E-state index contributed by atoms with van der Waals surface area (Å²) >= 11 is 0. The molecule has 7 N–H and O–H groups in total. The van der Waals surface area contributed by atoms with Crippen molar-refractivity contribution in [2.24, 2.45) is 0 Å². The van der Waals surface area contributed by atoms with Gasteiger partial charge in [0.15, 0.2) is 12.6 Å². The first-order chi connectivity index (χ1) is 30.6. The Bertz CT molecular complexity index is 1140. The molecular weight excluding hydrogens is 813 g/mol. The van der Waals surface area contributed by atoms with Crippen LogP contribution < -0.4 is 0 Å². The second kappa shape index (κ2) is 37.5. The minimum Gasteiger partial charge on any atom is -0.457 e. The van der Waals surface area contributed by atoms with E-state index < -0.39 is 80.7 Å². The number of carbonyl (C=O) groups excluding carboxylic acids is 1. The number of unbranched alkanes of at least 4 members (excludes halogenated alkanes) is 21. The molecule has 14 heteroatoms. The molecule has 370 valence electrons. The van der Waals surface area contributed by atoms with Gasteiger partial charge < -0.3 is 64.2 Å². The van der Waals surface area contributed by atoms with Crippen LogP contribution in [0.5, 0.6) is 0 Å². The summed E-state index contributed by atoms with van der Waals surface area (Å²) in [7, 11) is 0. The molecule has 2 saturated heterocycles. The molecule has 63 heavy (non-hydrogen) atoms. The predicted molar refractivity (Wildman–Crippen MR) is 243 cm³/mol. The van der Waals surface area contributed by atoms with Crippen molar-refractivity contribution in [1.82, 2.24) is 0 Å². The van der Waals surface area contributed by atoms with E-state index in [1.54, 1.807) is 0 Å². The zero-order valence-electron chi connectivity index (χ0n) is 39.1. The van der Waals surface area contributed by atoms with E-state index in [1.807, 2.05) is 0 Å². The molecule has 11 atom stereocenters. The van der Waals surface area contributed by atoms with Gasteiger partial charge in [-0.1, -0.05) is 154 Å². The smallest absolute Gasteiger partial charge is 0.306 e. The summed E-state index contributed by atoms with van der Waals surface area (Å²) in [5, 5.41) is 71.9. The van der Waals surface area contributed by atoms with Crippen LogP contribution in [0.3, 0.4) is 0 Å². The number of hydrogen-bond donors (Lipinski definition) is 7. The Kier molecular flexibility index (Phi) is 34.3. The molecule has 0 amide bonds. The van der Waals surface area contributed by atoms with Crippen molar-refractivity contribution in [3.63, 3.8) is 0 Å². The Hall–Kier alpha value is -1.53. The van der Waals surface area contributed by atoms with Crippen LogP contribution in [0.25, 0.3) is 0 Å². The average Bonchev–Trinajstić information content (AvgIpc) is 3.28. The predicted octanol–water partition coefficient (Wildman–Crippen LogP) is 6.85. The van der Waals surface area contributed by atoms with Crippen LogP contribution in [-0.2, 0) is 33.2 Å². The molecule has 2 fully saturated rings. The minimum atomic E-state index is -1.70. The number of aliphatic hydroxyl groups is 7. The van der Waals surface area contributed by atoms with Crippen molar-refractivity contribution in [2.45, 2.75) is 248 Å². The van der Waals surface area contributed by atoms with Gasteiger partial charge in [-0.25, -0.2) is 0 Å². The van der Waals surface area contributed by atoms with Crippen LogP contribution in [0.4, 0.5) is 0 Å². The molecule has 2 aliphatic heterocycles. The number of hydrogen-bond acceptors (Lipinski definition) is 14. The third kappa shape index (κ3) is 25.8. The van der Waals surface area contributed by atoms with Gasteiger partial charge in [-0.15, -0.1) is 0 Å². The van der Waals surface area contributed by atoms with Gasteiger partial charge in [0, 0.05) is 13.0 Å². The lowest BCUT2D eigenvalue weighted by molar-refractivity contribution is -0.332. The Morgan fingerprint density at radius 1 is 0.524 bits per heavy atom. The van der Waals surface area contributed by atoms with Crippen LogP contribution >= 0.6 is 0 Å². The number of carbonyl (C=O) groups is 1. The fourth-order valence-electron chi connectivity index (χ4n) is 7.84. The highest BCUT2D eigenvalue weighted by Gasteiger charge is 2.47. The summed E-state index contributed by atoms with van der Waals surface area (Å²) < 4.78 is 34.1. The molecule has 11 unspecified atom stereocenters. The summed E-state index contributed by atoms with van der Waals surface area (Å²) in [6, 6.07) is 0. The van der Waals surface area contributed by atoms with Crippen molar-refractivity contribution >= 4 is 5.97 Å². The molecule has 0 aromatic heterocycles. The maximum absolute atomic E-state index is 13.0. The number of aliphatic hydroxyl groups excluding tert-OH is 7. The third-order valence-corrected chi connectivity index (χ3v) is 12.0. The van der Waals surface area contributed by atoms with Crippen LogP contribution in [0.15, 0.2) is 24.3 Å². The molecule has 2 heterocycles. The lowest BCUT2D eigenvalue weighted by atomic mass is 9.98. The monoisotopic (exact) mass is 903 g/mol. The van der Waals surface area contributed by atoms with Crippen molar-refractivity contribution in [3.05, 3.63) is 24.3 Å². The quantitative estimate of drug-likeness (QED) is 0.0191. The third-order valence-electron chi connectivity index (χ3n) is 12.0. The van der Waals surface area contributed by atoms with Crippen LogP contribution in [-0.4, -0.2) is 142 Å². The van der Waals surface area contributed by atoms with E-state index in [-0.39, 0.29) is 25.6 Å². The fourth-order valence-corrected chi connectivity index (χ4v) is 7.84. The molecule has 0 bridgehead atoms. The number of allylic oxidation sites excluding steroid dienone is 4. The van der Waals surface area contributed by atoms with E-state index in [9.17, 15) is 40.5 Å². The summed E-state index contributed by atoms with van der Waals surface area (Å²) in [4.78, 5) is 13.0. The SMILES string of the molecule is CCCCCCC/C=C\C/C=C\CCCCCCCCCCCC(=O)OC(COCCCCCCCCCC)COC1OC(COC2OC(CO)C(O)C(O)C2O)C(O)C(O)C1O. The molecule has 14 nitrogen and oxygen atoms in total. The van der Waals surface area contributed by atoms with Gasteiger partial charge in [0.1, 0.15) is 54.9 Å². The normalized spacial score (nSPS) is 27.1. The highest BCUT2D eigenvalue weighted by atomic mass is 16.7. The molecule has 0 aromatic rings. The highest BCUT2D eigenvalue weighted by Crippen LogP contribution is 2.26. The standard InChI is InChI=1S/C49H90O14/c1-3-5-7-9-11-13-14-15-16-17-18-19-20-21-22-23-24-25-26-28-30-32-41(51)61-38(35-58-33-31-29-27-12-10-8-6-4-2)36-59-48-47(57)45(55)43(53)40(63-48)37-60-49-46(56)44(54)42(52)39(34-50)62-49/h14-15,17-18,38-40,42-50,52-57H,3-13,16,19-37H2,1-2H3/b15-14-,18-17-. The Morgan fingerprint density at radius 3 is 1.52 bits per heavy atom. The van der Waals surface area contributed by atoms with E-state index in [4.69, 9.17) is 28.4 Å². The molecular formula is C49H90O14. The lowest BCUT2D eigenvalue weighted by Gasteiger charge is -2.42. The van der Waals surface area contributed by atoms with E-state index in [0.29, 0.717) is 13.0 Å². The average molecular weight is 903 g/mol. The molecule has 0 spiro atoms. The lowest BCUT2D eigenvalue weighted by Crippen LogP contribution is -2.61. The number of esters is 1. The number of rotatable bonds is 39. The van der Waals surface area contributed by atoms with Crippen LogP contribution in [0.2, 0.25) is 0 Å². The summed E-state index contributed by atoms with van der Waals surface area (Å²) in [6.07, 6.45) is 22.6. The first kappa shape index (κ1) is 57.6. The zero-order valence-corrected chi connectivity index (χ0v) is 39.1. The van der Waals surface area contributed by atoms with Gasteiger partial charge in [0.2, 0.25) is 0 Å². The topological polar surface area (TPSA) is 214 Å². The Morgan fingerprint density at radius 2 is 0.984 bits per heavy atom. The van der Waals surface area contributed by atoms with Gasteiger partial charge in [0.25, 0.3) is 0 Å².